The summed E-state index contributed by atoms with van der Waals surface area (Å²) in [6.07, 6.45) is -2.86. The number of alkyl halides is 3. The second-order valence-electron chi connectivity index (χ2n) is 8.00. The van der Waals surface area contributed by atoms with Gasteiger partial charge in [0.2, 0.25) is 0 Å². The lowest BCUT2D eigenvalue weighted by atomic mass is 10.0. The number of pyridine rings is 1. The van der Waals surface area contributed by atoms with Gasteiger partial charge in [0, 0.05) is 28.4 Å². The number of nitrogens with zero attached hydrogens (tertiary/aromatic N) is 2. The van der Waals surface area contributed by atoms with Gasteiger partial charge >= 0.3 is 6.18 Å². The van der Waals surface area contributed by atoms with Gasteiger partial charge in [0.1, 0.15) is 0 Å². The van der Waals surface area contributed by atoms with E-state index in [1.54, 1.807) is 24.4 Å². The van der Waals surface area contributed by atoms with Gasteiger partial charge in [0.05, 0.1) is 17.0 Å². The zero-order chi connectivity index (χ0) is 24.4. The Kier molecular flexibility index (Phi) is 5.79. The van der Waals surface area contributed by atoms with Crippen LogP contribution in [-0.4, -0.2) is 10.3 Å². The van der Waals surface area contributed by atoms with Crippen molar-refractivity contribution in [1.82, 2.24) is 4.57 Å². The van der Waals surface area contributed by atoms with Crippen molar-refractivity contribution in [2.45, 2.75) is 6.18 Å². The molecule has 5 aromatic rings. The normalized spacial score (nSPS) is 11.4. The molecule has 35 heavy (non-hydrogen) atoms. The molecule has 6 heteroatoms. The van der Waals surface area contributed by atoms with Gasteiger partial charge < -0.3 is 0 Å². The fraction of sp³-hybridized carbons (Fsp3) is 0.0345. The number of benzene rings is 4. The van der Waals surface area contributed by atoms with E-state index in [4.69, 9.17) is 4.99 Å². The van der Waals surface area contributed by atoms with Crippen LogP contribution >= 0.6 is 0 Å². The predicted molar refractivity (Wildman–Crippen MR) is 133 cm³/mol. The lowest BCUT2D eigenvalue weighted by Crippen LogP contribution is -2.17. The topological polar surface area (TPSA) is 34.4 Å². The number of aromatic nitrogens is 1. The molecule has 0 saturated carbocycles. The molecule has 0 radical (unpaired) electrons. The summed E-state index contributed by atoms with van der Waals surface area (Å²) in [6, 6.07) is 31.3. The molecule has 0 N–H and O–H groups in total. The Morgan fingerprint density at radius 3 is 1.89 bits per heavy atom. The molecule has 5 rings (SSSR count). The molecule has 0 aliphatic rings. The van der Waals surface area contributed by atoms with E-state index in [2.05, 4.69) is 0 Å². The van der Waals surface area contributed by atoms with Crippen LogP contribution in [0.15, 0.2) is 125 Å². The third-order valence-electron chi connectivity index (χ3n) is 5.70. The predicted octanol–water partition coefficient (Wildman–Crippen LogP) is 7.18. The second-order valence-corrected chi connectivity index (χ2v) is 8.00. The zero-order valence-electron chi connectivity index (χ0n) is 18.4. The molecule has 1 heterocycles. The molecule has 1 aromatic heterocycles. The molecule has 0 unspecified atom stereocenters. The molecule has 0 bridgehead atoms. The van der Waals surface area contributed by atoms with Crippen molar-refractivity contribution in [2.24, 2.45) is 4.99 Å². The van der Waals surface area contributed by atoms with Crippen LogP contribution in [0, 0.1) is 0 Å². The molecule has 0 atom stereocenters. The first-order chi connectivity index (χ1) is 16.9. The van der Waals surface area contributed by atoms with Gasteiger partial charge in [-0.2, -0.15) is 13.2 Å². The summed E-state index contributed by atoms with van der Waals surface area (Å²) < 4.78 is 40.0. The fourth-order valence-electron chi connectivity index (χ4n) is 3.94. The molecule has 0 aliphatic heterocycles. The summed E-state index contributed by atoms with van der Waals surface area (Å²) in [4.78, 5) is 18.0. The lowest BCUT2D eigenvalue weighted by molar-refractivity contribution is -0.137. The van der Waals surface area contributed by atoms with Crippen LogP contribution in [0.3, 0.4) is 0 Å². The summed E-state index contributed by atoms with van der Waals surface area (Å²) in [6.45, 7) is 0. The molecule has 0 saturated heterocycles. The molecule has 0 amide bonds. The van der Waals surface area contributed by atoms with Crippen molar-refractivity contribution in [3.8, 4) is 5.69 Å². The van der Waals surface area contributed by atoms with Crippen LogP contribution in [0.25, 0.3) is 16.5 Å². The maximum absolute atomic E-state index is 13.1. The van der Waals surface area contributed by atoms with Gasteiger partial charge in [-0.1, -0.05) is 60.7 Å². The van der Waals surface area contributed by atoms with Crippen molar-refractivity contribution in [3.63, 3.8) is 0 Å². The van der Waals surface area contributed by atoms with Crippen LogP contribution < -0.4 is 5.56 Å². The van der Waals surface area contributed by atoms with Gasteiger partial charge in [0.15, 0.2) is 0 Å². The minimum Gasteiger partial charge on any atom is -0.284 e. The summed E-state index contributed by atoms with van der Waals surface area (Å²) in [5.41, 5.74) is 2.72. The van der Waals surface area contributed by atoms with Crippen LogP contribution in [0.2, 0.25) is 0 Å². The van der Waals surface area contributed by atoms with Crippen molar-refractivity contribution >= 4 is 22.2 Å². The first kappa shape index (κ1) is 22.3. The molecule has 4 aromatic carbocycles. The van der Waals surface area contributed by atoms with Gasteiger partial charge in [-0.3, -0.25) is 9.36 Å². The highest BCUT2D eigenvalue weighted by Gasteiger charge is 2.30. The Labute approximate surface area is 199 Å². The van der Waals surface area contributed by atoms with E-state index in [9.17, 15) is 18.0 Å². The Hall–Kier alpha value is -4.45. The average Bonchev–Trinajstić information content (AvgIpc) is 2.88. The Bertz CT molecular complexity index is 1530. The molecule has 0 aliphatic carbocycles. The van der Waals surface area contributed by atoms with E-state index in [0.717, 1.165) is 29.0 Å². The second kappa shape index (κ2) is 9.06. The van der Waals surface area contributed by atoms with E-state index in [1.807, 2.05) is 66.7 Å². The molecule has 0 fully saturated rings. The number of rotatable bonds is 4. The first-order valence-electron chi connectivity index (χ1n) is 10.9. The smallest absolute Gasteiger partial charge is 0.284 e. The first-order valence-corrected chi connectivity index (χ1v) is 10.9. The molecule has 0 spiro atoms. The monoisotopic (exact) mass is 468 g/mol. The highest BCUT2D eigenvalue weighted by atomic mass is 19.4. The molecule has 172 valence electrons. The number of aliphatic imine (C=N–C) groups is 1. The number of halogens is 3. The van der Waals surface area contributed by atoms with Gasteiger partial charge in [-0.25, -0.2) is 4.99 Å². The number of hydrogen-bond donors (Lipinski definition) is 0. The zero-order valence-corrected chi connectivity index (χ0v) is 18.4. The third-order valence-corrected chi connectivity index (χ3v) is 5.70. The highest BCUT2D eigenvalue weighted by molar-refractivity contribution is 6.14. The summed E-state index contributed by atoms with van der Waals surface area (Å²) >= 11 is 0. The van der Waals surface area contributed by atoms with Gasteiger partial charge in [-0.15, -0.1) is 0 Å². The lowest BCUT2D eigenvalue weighted by Gasteiger charge is -2.11. The number of fused-ring (bicyclic) bond motifs is 1. The van der Waals surface area contributed by atoms with Crippen LogP contribution in [-0.2, 0) is 6.18 Å². The summed E-state index contributed by atoms with van der Waals surface area (Å²) in [7, 11) is 0. The van der Waals surface area contributed by atoms with Gasteiger partial charge in [-0.05, 0) is 53.9 Å². The summed E-state index contributed by atoms with van der Waals surface area (Å²) in [5, 5.41) is 1.15. The molecular weight excluding hydrogens is 449 g/mol. The Balaban J connectivity index is 1.56. The molecular formula is C29H19F3N2O. The van der Waals surface area contributed by atoms with E-state index in [-0.39, 0.29) is 5.56 Å². The Morgan fingerprint density at radius 1 is 0.714 bits per heavy atom. The quantitative estimate of drug-likeness (QED) is 0.257. The largest absolute Gasteiger partial charge is 0.416 e. The number of hydrogen-bond acceptors (Lipinski definition) is 2. The van der Waals surface area contributed by atoms with Crippen LogP contribution in [0.5, 0.6) is 0 Å². The van der Waals surface area contributed by atoms with E-state index < -0.39 is 11.7 Å². The van der Waals surface area contributed by atoms with Crippen molar-refractivity contribution in [3.05, 3.63) is 142 Å². The van der Waals surface area contributed by atoms with Gasteiger partial charge in [0.25, 0.3) is 5.56 Å². The minimum absolute atomic E-state index is 0.316. The van der Waals surface area contributed by atoms with Crippen molar-refractivity contribution < 1.29 is 13.2 Å². The van der Waals surface area contributed by atoms with Crippen LogP contribution in [0.4, 0.5) is 18.9 Å². The van der Waals surface area contributed by atoms with Crippen LogP contribution in [0.1, 0.15) is 16.7 Å². The maximum Gasteiger partial charge on any atom is 0.416 e. The van der Waals surface area contributed by atoms with Crippen molar-refractivity contribution in [1.29, 1.82) is 0 Å². The minimum atomic E-state index is -4.43. The SMILES string of the molecule is O=c1c2ccc(N=C(c3ccccc3)c3ccccc3)cc2ccn1-c1ccc(C(F)(F)F)cc1. The van der Waals surface area contributed by atoms with E-state index in [1.165, 1.54) is 16.7 Å². The third kappa shape index (κ3) is 4.64. The Morgan fingerprint density at radius 2 is 1.31 bits per heavy atom. The molecule has 3 nitrogen and oxygen atoms in total. The highest BCUT2D eigenvalue weighted by Crippen LogP contribution is 2.29. The fourth-order valence-corrected chi connectivity index (χ4v) is 3.94. The maximum atomic E-state index is 13.1. The standard InChI is InChI=1S/C29H19F3N2O/c30-29(31,32)23-11-14-25(15-12-23)34-18-17-22-19-24(13-16-26(22)28(34)35)33-27(20-7-3-1-4-8-20)21-9-5-2-6-10-21/h1-19H. The van der Waals surface area contributed by atoms with E-state index in [0.29, 0.717) is 22.1 Å². The van der Waals surface area contributed by atoms with E-state index >= 15 is 0 Å². The average molecular weight is 468 g/mol. The van der Waals surface area contributed by atoms with Crippen molar-refractivity contribution in [2.75, 3.05) is 0 Å². The summed E-state index contributed by atoms with van der Waals surface area (Å²) in [5.74, 6) is 0.